The number of hydrogen-bond donors (Lipinski definition) is 1. The van der Waals surface area contributed by atoms with Gasteiger partial charge in [0.15, 0.2) is 0 Å². The van der Waals surface area contributed by atoms with Gasteiger partial charge in [-0.05, 0) is 12.1 Å². The Morgan fingerprint density at radius 2 is 2.08 bits per heavy atom. The molecule has 1 radical (unpaired) electrons. The zero-order valence-corrected chi connectivity index (χ0v) is 7.23. The first kappa shape index (κ1) is 9.23. The number of ether oxygens (including phenoxy) is 1. The van der Waals surface area contributed by atoms with Gasteiger partial charge in [0.05, 0.1) is 6.10 Å². The molecule has 1 atom stereocenters. The summed E-state index contributed by atoms with van der Waals surface area (Å²) in [5.74, 6) is 0. The molecule has 1 aromatic rings. The monoisotopic (exact) mass is 164 g/mol. The third-order valence-electron chi connectivity index (χ3n) is 1.73. The molecule has 1 rings (SSSR count). The molecule has 0 amide bonds. The maximum atomic E-state index is 5.41. The first-order chi connectivity index (χ1) is 5.88. The molecule has 0 aliphatic heterocycles. The molecule has 0 saturated heterocycles. The van der Waals surface area contributed by atoms with E-state index in [0.717, 1.165) is 5.56 Å². The number of benzene rings is 1. The molecule has 0 fully saturated rings. The van der Waals surface area contributed by atoms with Gasteiger partial charge in [-0.3, -0.25) is 0 Å². The van der Waals surface area contributed by atoms with Crippen molar-refractivity contribution >= 4 is 0 Å². The van der Waals surface area contributed by atoms with E-state index < -0.39 is 0 Å². The average Bonchev–Trinajstić information content (AvgIpc) is 2.15. The van der Waals surface area contributed by atoms with Crippen LogP contribution in [-0.2, 0) is 4.74 Å². The van der Waals surface area contributed by atoms with Crippen molar-refractivity contribution < 1.29 is 4.74 Å². The zero-order valence-electron chi connectivity index (χ0n) is 7.23. The standard InChI is InChI=1S/C10H14NO/c1-12-10(7-8-11)9-5-3-2-4-6-9/h2-7,10H,8,11H2,1H3. The minimum Gasteiger partial charge on any atom is -0.376 e. The quantitative estimate of drug-likeness (QED) is 0.732. The molecular weight excluding hydrogens is 150 g/mol. The molecule has 1 unspecified atom stereocenters. The molecule has 1 aromatic carbocycles. The SMILES string of the molecule is COC([CH]CN)c1ccccc1. The van der Waals surface area contributed by atoms with Crippen LogP contribution >= 0.6 is 0 Å². The lowest BCUT2D eigenvalue weighted by Crippen LogP contribution is -2.09. The van der Waals surface area contributed by atoms with E-state index in [-0.39, 0.29) is 6.10 Å². The molecule has 2 N–H and O–H groups in total. The Morgan fingerprint density at radius 1 is 1.42 bits per heavy atom. The fourth-order valence-electron chi connectivity index (χ4n) is 1.13. The summed E-state index contributed by atoms with van der Waals surface area (Å²) in [5.41, 5.74) is 6.55. The third kappa shape index (κ3) is 2.32. The van der Waals surface area contributed by atoms with Gasteiger partial charge < -0.3 is 10.5 Å². The molecule has 0 aliphatic carbocycles. The fourth-order valence-corrected chi connectivity index (χ4v) is 1.13. The van der Waals surface area contributed by atoms with Crippen LogP contribution in [0.2, 0.25) is 0 Å². The lowest BCUT2D eigenvalue weighted by Gasteiger charge is -2.13. The predicted molar refractivity (Wildman–Crippen MR) is 49.5 cm³/mol. The summed E-state index contributed by atoms with van der Waals surface area (Å²) in [6.07, 6.45) is 1.96. The van der Waals surface area contributed by atoms with Gasteiger partial charge in [0.25, 0.3) is 0 Å². The van der Waals surface area contributed by atoms with Gasteiger partial charge in [-0.25, -0.2) is 0 Å². The summed E-state index contributed by atoms with van der Waals surface area (Å²) in [6, 6.07) is 10.0. The van der Waals surface area contributed by atoms with Gasteiger partial charge in [-0.2, -0.15) is 0 Å². The lowest BCUT2D eigenvalue weighted by molar-refractivity contribution is 0.129. The van der Waals surface area contributed by atoms with E-state index in [0.29, 0.717) is 6.54 Å². The van der Waals surface area contributed by atoms with Crippen LogP contribution in [0, 0.1) is 6.42 Å². The Kier molecular flexibility index (Phi) is 3.77. The Morgan fingerprint density at radius 3 is 2.58 bits per heavy atom. The van der Waals surface area contributed by atoms with Crippen molar-refractivity contribution in [2.45, 2.75) is 6.10 Å². The van der Waals surface area contributed by atoms with Crippen LogP contribution in [0.15, 0.2) is 30.3 Å². The second kappa shape index (κ2) is 4.91. The average molecular weight is 164 g/mol. The molecular formula is C10H14NO. The molecule has 0 aliphatic rings. The molecule has 0 heterocycles. The van der Waals surface area contributed by atoms with E-state index >= 15 is 0 Å². The van der Waals surface area contributed by atoms with Crippen molar-refractivity contribution in [3.05, 3.63) is 42.3 Å². The summed E-state index contributed by atoms with van der Waals surface area (Å²) in [6.45, 7) is 0.535. The molecule has 0 spiro atoms. The van der Waals surface area contributed by atoms with Crippen LogP contribution in [0.5, 0.6) is 0 Å². The van der Waals surface area contributed by atoms with Crippen molar-refractivity contribution in [2.75, 3.05) is 13.7 Å². The van der Waals surface area contributed by atoms with Crippen molar-refractivity contribution in [2.24, 2.45) is 5.73 Å². The molecule has 0 aromatic heterocycles. The summed E-state index contributed by atoms with van der Waals surface area (Å²) >= 11 is 0. The summed E-state index contributed by atoms with van der Waals surface area (Å²) in [5, 5.41) is 0. The minimum atomic E-state index is 0.0243. The summed E-state index contributed by atoms with van der Waals surface area (Å²) in [7, 11) is 1.68. The van der Waals surface area contributed by atoms with Crippen LogP contribution in [0.1, 0.15) is 11.7 Å². The molecule has 12 heavy (non-hydrogen) atoms. The predicted octanol–water partition coefficient (Wildman–Crippen LogP) is 1.54. The van der Waals surface area contributed by atoms with E-state index in [9.17, 15) is 0 Å². The van der Waals surface area contributed by atoms with Crippen molar-refractivity contribution in [3.63, 3.8) is 0 Å². The van der Waals surface area contributed by atoms with E-state index in [1.165, 1.54) is 0 Å². The number of rotatable bonds is 4. The van der Waals surface area contributed by atoms with Crippen molar-refractivity contribution in [1.29, 1.82) is 0 Å². The van der Waals surface area contributed by atoms with Gasteiger partial charge in [-0.1, -0.05) is 30.3 Å². The normalized spacial score (nSPS) is 12.8. The fraction of sp³-hybridized carbons (Fsp3) is 0.300. The zero-order chi connectivity index (χ0) is 8.81. The highest BCUT2D eigenvalue weighted by atomic mass is 16.5. The topological polar surface area (TPSA) is 35.2 Å². The van der Waals surface area contributed by atoms with Crippen LogP contribution in [-0.4, -0.2) is 13.7 Å². The number of methoxy groups -OCH3 is 1. The van der Waals surface area contributed by atoms with Crippen molar-refractivity contribution in [1.82, 2.24) is 0 Å². The van der Waals surface area contributed by atoms with Crippen LogP contribution in [0.3, 0.4) is 0 Å². The first-order valence-electron chi connectivity index (χ1n) is 3.99. The molecule has 2 heteroatoms. The van der Waals surface area contributed by atoms with E-state index in [4.69, 9.17) is 10.5 Å². The van der Waals surface area contributed by atoms with E-state index in [1.54, 1.807) is 7.11 Å². The van der Waals surface area contributed by atoms with E-state index in [2.05, 4.69) is 0 Å². The third-order valence-corrected chi connectivity index (χ3v) is 1.73. The Balaban J connectivity index is 2.66. The molecule has 0 saturated carbocycles. The highest BCUT2D eigenvalue weighted by Crippen LogP contribution is 2.17. The summed E-state index contributed by atoms with van der Waals surface area (Å²) < 4.78 is 5.24. The second-order valence-corrected chi connectivity index (χ2v) is 2.54. The van der Waals surface area contributed by atoms with Gasteiger partial charge in [0, 0.05) is 13.5 Å². The highest BCUT2D eigenvalue weighted by molar-refractivity contribution is 5.19. The number of nitrogens with two attached hydrogens (primary N) is 1. The largest absolute Gasteiger partial charge is 0.376 e. The molecule has 2 nitrogen and oxygen atoms in total. The lowest BCUT2D eigenvalue weighted by atomic mass is 10.1. The smallest absolute Gasteiger partial charge is 0.0865 e. The second-order valence-electron chi connectivity index (χ2n) is 2.54. The Bertz CT molecular complexity index is 210. The first-order valence-corrected chi connectivity index (χ1v) is 3.99. The van der Waals surface area contributed by atoms with Gasteiger partial charge >= 0.3 is 0 Å². The van der Waals surface area contributed by atoms with Crippen LogP contribution in [0.4, 0.5) is 0 Å². The molecule has 0 bridgehead atoms. The van der Waals surface area contributed by atoms with E-state index in [1.807, 2.05) is 36.8 Å². The maximum absolute atomic E-state index is 5.41. The summed E-state index contributed by atoms with van der Waals surface area (Å²) in [4.78, 5) is 0. The maximum Gasteiger partial charge on any atom is 0.0865 e. The van der Waals surface area contributed by atoms with Gasteiger partial charge in [-0.15, -0.1) is 0 Å². The van der Waals surface area contributed by atoms with Gasteiger partial charge in [0.2, 0.25) is 0 Å². The minimum absolute atomic E-state index is 0.0243. The van der Waals surface area contributed by atoms with Crippen molar-refractivity contribution in [3.8, 4) is 0 Å². The Labute approximate surface area is 73.3 Å². The van der Waals surface area contributed by atoms with Crippen LogP contribution < -0.4 is 5.73 Å². The molecule has 65 valence electrons. The van der Waals surface area contributed by atoms with Gasteiger partial charge in [0.1, 0.15) is 0 Å². The number of hydrogen-bond acceptors (Lipinski definition) is 2. The van der Waals surface area contributed by atoms with Crippen LogP contribution in [0.25, 0.3) is 0 Å². The Hall–Kier alpha value is -0.860. The highest BCUT2D eigenvalue weighted by Gasteiger charge is 2.07.